The summed E-state index contributed by atoms with van der Waals surface area (Å²) in [5.74, 6) is 1.43. The summed E-state index contributed by atoms with van der Waals surface area (Å²) in [5, 5.41) is 3.20. The minimum Gasteiger partial charge on any atom is -0.145 e. The molecule has 0 aromatic heterocycles. The van der Waals surface area contributed by atoms with Gasteiger partial charge in [0.2, 0.25) is 0 Å². The van der Waals surface area contributed by atoms with Crippen LogP contribution in [-0.2, 0) is 0 Å². The molecule has 2 nitrogen and oxygen atoms in total. The molecule has 17 heavy (non-hydrogen) atoms. The SMILES string of the molecule is C=C1CCC(N=O)=C(C)CCC2C1CC2(C)C. The predicted molar refractivity (Wildman–Crippen MR) is 71.5 cm³/mol. The van der Waals surface area contributed by atoms with E-state index in [1.54, 1.807) is 0 Å². The molecule has 2 atom stereocenters. The zero-order chi connectivity index (χ0) is 12.6. The predicted octanol–water partition coefficient (Wildman–Crippen LogP) is 4.82. The molecule has 2 aliphatic carbocycles. The number of rotatable bonds is 1. The molecular formula is C15H23NO. The summed E-state index contributed by atoms with van der Waals surface area (Å²) in [4.78, 5) is 10.8. The fraction of sp³-hybridized carbons (Fsp3) is 0.733. The third kappa shape index (κ3) is 2.22. The Kier molecular flexibility index (Phi) is 3.24. The molecule has 0 spiro atoms. The van der Waals surface area contributed by atoms with Crippen molar-refractivity contribution < 1.29 is 0 Å². The molecule has 0 aliphatic heterocycles. The second-order valence-electron chi connectivity index (χ2n) is 6.42. The summed E-state index contributed by atoms with van der Waals surface area (Å²) in [6, 6.07) is 0. The first-order valence-electron chi connectivity index (χ1n) is 6.65. The van der Waals surface area contributed by atoms with Crippen LogP contribution in [0, 0.1) is 22.2 Å². The monoisotopic (exact) mass is 233 g/mol. The van der Waals surface area contributed by atoms with Crippen LogP contribution in [0.5, 0.6) is 0 Å². The number of allylic oxidation sites excluding steroid dienone is 3. The highest BCUT2D eigenvalue weighted by Gasteiger charge is 2.47. The molecule has 2 rings (SSSR count). The number of hydrogen-bond donors (Lipinski definition) is 0. The van der Waals surface area contributed by atoms with Gasteiger partial charge in [0, 0.05) is 0 Å². The van der Waals surface area contributed by atoms with Crippen molar-refractivity contribution in [3.63, 3.8) is 0 Å². The van der Waals surface area contributed by atoms with Crippen molar-refractivity contribution in [2.75, 3.05) is 0 Å². The maximum absolute atomic E-state index is 10.8. The Morgan fingerprint density at radius 3 is 2.59 bits per heavy atom. The van der Waals surface area contributed by atoms with Crippen LogP contribution in [-0.4, -0.2) is 0 Å². The topological polar surface area (TPSA) is 29.4 Å². The van der Waals surface area contributed by atoms with Crippen molar-refractivity contribution in [1.29, 1.82) is 0 Å². The number of nitroso groups, excluding NO2 is 1. The van der Waals surface area contributed by atoms with Gasteiger partial charge in [-0.1, -0.05) is 26.0 Å². The molecule has 0 heterocycles. The van der Waals surface area contributed by atoms with Gasteiger partial charge >= 0.3 is 0 Å². The molecule has 2 unspecified atom stereocenters. The quantitative estimate of drug-likeness (QED) is 0.471. The molecule has 0 aromatic carbocycles. The first kappa shape index (κ1) is 12.5. The van der Waals surface area contributed by atoms with Crippen LogP contribution in [0.2, 0.25) is 0 Å². The largest absolute Gasteiger partial charge is 0.145 e. The van der Waals surface area contributed by atoms with Gasteiger partial charge < -0.3 is 0 Å². The zero-order valence-corrected chi connectivity index (χ0v) is 11.3. The Morgan fingerprint density at radius 1 is 1.29 bits per heavy atom. The molecule has 2 heteroatoms. The van der Waals surface area contributed by atoms with Crippen molar-refractivity contribution in [2.45, 2.75) is 52.9 Å². The van der Waals surface area contributed by atoms with Crippen molar-refractivity contribution in [3.05, 3.63) is 28.3 Å². The molecule has 0 amide bonds. The molecule has 2 aliphatic rings. The van der Waals surface area contributed by atoms with Crippen molar-refractivity contribution in [3.8, 4) is 0 Å². The molecule has 0 saturated heterocycles. The Balaban J connectivity index is 2.19. The number of fused-ring (bicyclic) bond motifs is 1. The summed E-state index contributed by atoms with van der Waals surface area (Å²) in [7, 11) is 0. The highest BCUT2D eigenvalue weighted by Crippen LogP contribution is 2.56. The van der Waals surface area contributed by atoms with Crippen molar-refractivity contribution >= 4 is 0 Å². The summed E-state index contributed by atoms with van der Waals surface area (Å²) >= 11 is 0. The van der Waals surface area contributed by atoms with Crippen LogP contribution in [0.1, 0.15) is 52.9 Å². The van der Waals surface area contributed by atoms with Gasteiger partial charge in [-0.25, -0.2) is 0 Å². The molecule has 1 saturated carbocycles. The van der Waals surface area contributed by atoms with Crippen LogP contribution in [0.15, 0.2) is 28.6 Å². The van der Waals surface area contributed by atoms with Gasteiger partial charge in [0.15, 0.2) is 0 Å². The van der Waals surface area contributed by atoms with Crippen molar-refractivity contribution in [1.82, 2.24) is 0 Å². The average molecular weight is 233 g/mol. The van der Waals surface area contributed by atoms with Gasteiger partial charge in [-0.2, -0.15) is 0 Å². The van der Waals surface area contributed by atoms with Crippen LogP contribution in [0.3, 0.4) is 0 Å². The molecule has 0 radical (unpaired) electrons. The van der Waals surface area contributed by atoms with Crippen LogP contribution in [0.4, 0.5) is 0 Å². The summed E-state index contributed by atoms with van der Waals surface area (Å²) < 4.78 is 0. The van der Waals surface area contributed by atoms with E-state index in [0.717, 1.165) is 30.9 Å². The van der Waals surface area contributed by atoms with E-state index in [2.05, 4.69) is 32.5 Å². The minimum atomic E-state index is 0.451. The third-order valence-corrected chi connectivity index (χ3v) is 4.88. The van der Waals surface area contributed by atoms with E-state index in [9.17, 15) is 4.91 Å². The van der Waals surface area contributed by atoms with E-state index >= 15 is 0 Å². The normalized spacial score (nSPS) is 33.0. The van der Waals surface area contributed by atoms with Crippen LogP contribution < -0.4 is 0 Å². The van der Waals surface area contributed by atoms with E-state index in [0.29, 0.717) is 11.3 Å². The second kappa shape index (κ2) is 4.40. The Hall–Kier alpha value is -0.920. The summed E-state index contributed by atoms with van der Waals surface area (Å²) in [5.41, 5.74) is 3.75. The molecular weight excluding hydrogens is 210 g/mol. The summed E-state index contributed by atoms with van der Waals surface area (Å²) in [6.07, 6.45) is 5.20. The molecule has 0 bridgehead atoms. The van der Waals surface area contributed by atoms with E-state index < -0.39 is 0 Å². The third-order valence-electron chi connectivity index (χ3n) is 4.88. The fourth-order valence-electron chi connectivity index (χ4n) is 3.58. The van der Waals surface area contributed by atoms with Crippen LogP contribution >= 0.6 is 0 Å². The lowest BCUT2D eigenvalue weighted by Gasteiger charge is -2.53. The highest BCUT2D eigenvalue weighted by atomic mass is 16.3. The van der Waals surface area contributed by atoms with Gasteiger partial charge in [-0.05, 0) is 67.0 Å². The van der Waals surface area contributed by atoms with Crippen molar-refractivity contribution in [2.24, 2.45) is 22.4 Å². The van der Waals surface area contributed by atoms with E-state index in [1.807, 2.05) is 0 Å². The first-order chi connectivity index (χ1) is 7.95. The lowest BCUT2D eigenvalue weighted by Crippen LogP contribution is -2.44. The Labute approximate surface area is 104 Å². The maximum Gasteiger partial charge on any atom is 0.0841 e. The van der Waals surface area contributed by atoms with Crippen LogP contribution in [0.25, 0.3) is 0 Å². The zero-order valence-electron chi connectivity index (χ0n) is 11.3. The smallest absolute Gasteiger partial charge is 0.0841 e. The number of hydrogen-bond acceptors (Lipinski definition) is 2. The fourth-order valence-corrected chi connectivity index (χ4v) is 3.58. The Bertz CT molecular complexity index is 378. The second-order valence-corrected chi connectivity index (χ2v) is 6.42. The highest BCUT2D eigenvalue weighted by molar-refractivity contribution is 5.20. The van der Waals surface area contributed by atoms with E-state index in [1.165, 1.54) is 24.0 Å². The van der Waals surface area contributed by atoms with E-state index in [4.69, 9.17) is 0 Å². The van der Waals surface area contributed by atoms with Gasteiger partial charge in [-0.15, -0.1) is 4.91 Å². The van der Waals surface area contributed by atoms with Gasteiger partial charge in [-0.3, -0.25) is 0 Å². The molecule has 0 aromatic rings. The number of nitrogens with zero attached hydrogens (tertiary/aromatic N) is 1. The minimum absolute atomic E-state index is 0.451. The average Bonchev–Trinajstić information content (AvgIpc) is 2.30. The lowest BCUT2D eigenvalue weighted by molar-refractivity contribution is 0.00384. The lowest BCUT2D eigenvalue weighted by atomic mass is 9.52. The standard InChI is InChI=1S/C15H23NO/c1-10-6-8-14(16-17)11(2)5-7-13-12(10)9-15(13,3)4/h12-13H,1,5-9H2,2-4H3. The van der Waals surface area contributed by atoms with Gasteiger partial charge in [0.05, 0.1) is 5.70 Å². The van der Waals surface area contributed by atoms with Gasteiger partial charge in [0.25, 0.3) is 0 Å². The van der Waals surface area contributed by atoms with E-state index in [-0.39, 0.29) is 0 Å². The van der Waals surface area contributed by atoms with Gasteiger partial charge in [0.1, 0.15) is 0 Å². The molecule has 94 valence electrons. The first-order valence-corrected chi connectivity index (χ1v) is 6.65. The Morgan fingerprint density at radius 2 is 2.00 bits per heavy atom. The molecule has 1 fully saturated rings. The maximum atomic E-state index is 10.8. The molecule has 0 N–H and O–H groups in total. The summed E-state index contributed by atoms with van der Waals surface area (Å²) in [6.45, 7) is 11.0.